The van der Waals surface area contributed by atoms with Gasteiger partial charge in [0.25, 0.3) is 11.8 Å². The molecule has 0 unspecified atom stereocenters. The third-order valence-electron chi connectivity index (χ3n) is 7.00. The summed E-state index contributed by atoms with van der Waals surface area (Å²) < 4.78 is 84.5. The number of amides is 2. The summed E-state index contributed by atoms with van der Waals surface area (Å²) in [5, 5.41) is 14.5. The number of rotatable bonds is 4. The molecule has 0 radical (unpaired) electrons. The van der Waals surface area contributed by atoms with E-state index in [0.717, 1.165) is 24.4 Å². The number of benzene rings is 3. The van der Waals surface area contributed by atoms with Crippen LogP contribution in [-0.4, -0.2) is 21.2 Å². The van der Waals surface area contributed by atoms with Crippen LogP contribution in [0.15, 0.2) is 67.0 Å². The minimum atomic E-state index is -4.95. The van der Waals surface area contributed by atoms with Crippen LogP contribution in [0.4, 0.5) is 32.0 Å². The number of pyridine rings is 1. The predicted molar refractivity (Wildman–Crippen MR) is 145 cm³/mol. The fourth-order valence-electron chi connectivity index (χ4n) is 5.04. The zero-order valence-electron chi connectivity index (χ0n) is 21.7. The first-order chi connectivity index (χ1) is 20.8. The zero-order valence-corrected chi connectivity index (χ0v) is 22.5. The molecule has 0 fully saturated rings. The first kappa shape index (κ1) is 28.8. The molecule has 0 spiro atoms. The van der Waals surface area contributed by atoms with Gasteiger partial charge in [0.1, 0.15) is 23.4 Å². The molecule has 3 heterocycles. The van der Waals surface area contributed by atoms with Crippen LogP contribution in [0.25, 0.3) is 16.8 Å². The van der Waals surface area contributed by atoms with E-state index >= 15 is 0 Å². The fourth-order valence-corrected chi connectivity index (χ4v) is 5.26. The second kappa shape index (κ2) is 10.4. The lowest BCUT2D eigenvalue weighted by Gasteiger charge is -2.19. The third kappa shape index (κ3) is 4.99. The number of hydrogen-bond acceptors (Lipinski definition) is 4. The Morgan fingerprint density at radius 1 is 1.02 bits per heavy atom. The molecule has 1 aliphatic rings. The SMILES string of the molecule is N#Cc1cnc2c(F)cc(-c3cc(NC(=O)c4cc(F)cc(C(F)(F)F)c4)c4c(c3)C(=O)N[C@H]4c3cc(F)ccc3Cl)cn12. The highest BCUT2D eigenvalue weighted by Gasteiger charge is 2.36. The van der Waals surface area contributed by atoms with E-state index in [1.807, 2.05) is 6.07 Å². The normalized spacial score (nSPS) is 14.3. The van der Waals surface area contributed by atoms with Crippen molar-refractivity contribution < 1.29 is 35.9 Å². The van der Waals surface area contributed by atoms with Gasteiger partial charge in [0.05, 0.1) is 17.8 Å². The highest BCUT2D eigenvalue weighted by molar-refractivity contribution is 6.31. The average molecular weight is 626 g/mol. The predicted octanol–water partition coefficient (Wildman–Crippen LogP) is 7.05. The molecule has 14 heteroatoms. The smallest absolute Gasteiger partial charge is 0.341 e. The number of alkyl halides is 3. The van der Waals surface area contributed by atoms with Gasteiger partial charge in [0.15, 0.2) is 11.5 Å². The molecule has 2 amide bonds. The summed E-state index contributed by atoms with van der Waals surface area (Å²) >= 11 is 6.31. The van der Waals surface area contributed by atoms with E-state index in [4.69, 9.17) is 11.6 Å². The van der Waals surface area contributed by atoms with Crippen molar-refractivity contribution in [2.24, 2.45) is 0 Å². The molecular weight excluding hydrogens is 612 g/mol. The standard InChI is InChI=1S/C30H14ClF6N5O2/c31-22-2-1-17(32)9-20(22)26-25-21(29(44)41-26)5-13(15-6-23(34)27-39-11-19(10-38)42(27)12-15)7-24(25)40-28(43)14-3-16(30(35,36)37)8-18(33)4-14/h1-9,11-12,26H,(H,40,43)(H,41,44)/t26-/m0/s1. The molecule has 2 N–H and O–H groups in total. The first-order valence-corrected chi connectivity index (χ1v) is 12.9. The Kier molecular flexibility index (Phi) is 6.81. The first-order valence-electron chi connectivity index (χ1n) is 12.5. The van der Waals surface area contributed by atoms with Crippen molar-refractivity contribution in [3.8, 4) is 17.2 Å². The number of nitrogens with zero attached hydrogens (tertiary/aromatic N) is 3. The van der Waals surface area contributed by atoms with Gasteiger partial charge in [-0.05, 0) is 60.2 Å². The fraction of sp³-hybridized carbons (Fsp3) is 0.0667. The van der Waals surface area contributed by atoms with Crippen molar-refractivity contribution in [3.63, 3.8) is 0 Å². The minimum absolute atomic E-state index is 0.000521. The van der Waals surface area contributed by atoms with Gasteiger partial charge in [-0.2, -0.15) is 18.4 Å². The maximum Gasteiger partial charge on any atom is 0.416 e. The van der Waals surface area contributed by atoms with Crippen LogP contribution in [0.1, 0.15) is 49.1 Å². The molecule has 2 aromatic heterocycles. The molecule has 3 aromatic carbocycles. The van der Waals surface area contributed by atoms with Gasteiger partial charge >= 0.3 is 6.18 Å². The molecule has 0 aliphatic carbocycles. The lowest BCUT2D eigenvalue weighted by Crippen LogP contribution is -2.21. The summed E-state index contributed by atoms with van der Waals surface area (Å²) in [5.41, 5.74) is -1.96. The molecule has 1 aliphatic heterocycles. The van der Waals surface area contributed by atoms with Crippen molar-refractivity contribution in [3.05, 3.63) is 123 Å². The van der Waals surface area contributed by atoms with E-state index in [1.165, 1.54) is 28.8 Å². The molecule has 1 atom stereocenters. The van der Waals surface area contributed by atoms with Crippen molar-refractivity contribution in [1.29, 1.82) is 5.26 Å². The summed E-state index contributed by atoms with van der Waals surface area (Å²) in [7, 11) is 0. The maximum absolute atomic E-state index is 15.0. The number of carbonyl (C=O) groups excluding carboxylic acids is 2. The van der Waals surface area contributed by atoms with Crippen molar-refractivity contribution in [1.82, 2.24) is 14.7 Å². The largest absolute Gasteiger partial charge is 0.416 e. The summed E-state index contributed by atoms with van der Waals surface area (Å²) in [6.45, 7) is 0. The van der Waals surface area contributed by atoms with Gasteiger partial charge in [0, 0.05) is 44.7 Å². The highest BCUT2D eigenvalue weighted by atomic mass is 35.5. The number of imidazole rings is 1. The van der Waals surface area contributed by atoms with Crippen LogP contribution in [0.5, 0.6) is 0 Å². The summed E-state index contributed by atoms with van der Waals surface area (Å²) in [6, 6.07) is 9.20. The number of hydrogen-bond donors (Lipinski definition) is 2. The lowest BCUT2D eigenvalue weighted by molar-refractivity contribution is -0.137. The Morgan fingerprint density at radius 2 is 1.80 bits per heavy atom. The molecule has 5 aromatic rings. The van der Waals surface area contributed by atoms with Gasteiger partial charge in [-0.3, -0.25) is 14.0 Å². The van der Waals surface area contributed by atoms with E-state index < -0.39 is 52.6 Å². The number of anilines is 1. The number of halogens is 7. The van der Waals surface area contributed by atoms with Crippen LogP contribution in [0, 0.1) is 28.8 Å². The Hall–Kier alpha value is -5.35. The average Bonchev–Trinajstić information content (AvgIpc) is 3.54. The Bertz CT molecular complexity index is 2090. The van der Waals surface area contributed by atoms with E-state index in [0.29, 0.717) is 12.1 Å². The Morgan fingerprint density at radius 3 is 2.52 bits per heavy atom. The molecule has 44 heavy (non-hydrogen) atoms. The Balaban J connectivity index is 1.54. The van der Waals surface area contributed by atoms with Crippen LogP contribution in [0.3, 0.4) is 0 Å². The van der Waals surface area contributed by atoms with Crippen molar-refractivity contribution in [2.45, 2.75) is 12.2 Å². The minimum Gasteiger partial charge on any atom is -0.341 e. The lowest BCUT2D eigenvalue weighted by atomic mass is 9.93. The Labute approximate surface area is 248 Å². The molecule has 220 valence electrons. The second-order valence-electron chi connectivity index (χ2n) is 9.76. The van der Waals surface area contributed by atoms with E-state index in [-0.39, 0.29) is 55.9 Å². The molecule has 0 saturated carbocycles. The summed E-state index contributed by atoms with van der Waals surface area (Å²) in [4.78, 5) is 30.3. The van der Waals surface area contributed by atoms with E-state index in [1.54, 1.807) is 0 Å². The van der Waals surface area contributed by atoms with Gasteiger partial charge < -0.3 is 10.6 Å². The van der Waals surface area contributed by atoms with Crippen LogP contribution in [0.2, 0.25) is 5.02 Å². The molecule has 6 rings (SSSR count). The topological polar surface area (TPSA) is 99.3 Å². The quantitative estimate of drug-likeness (QED) is 0.209. The number of nitrogens with one attached hydrogen (secondary N) is 2. The molecule has 0 bridgehead atoms. The number of carbonyl (C=O) groups is 2. The zero-order chi connectivity index (χ0) is 31.5. The number of nitriles is 1. The molecule has 0 saturated heterocycles. The van der Waals surface area contributed by atoms with Crippen molar-refractivity contribution in [2.75, 3.05) is 5.32 Å². The van der Waals surface area contributed by atoms with E-state index in [9.17, 15) is 41.2 Å². The van der Waals surface area contributed by atoms with Gasteiger partial charge in [-0.25, -0.2) is 18.2 Å². The van der Waals surface area contributed by atoms with Crippen LogP contribution in [-0.2, 0) is 6.18 Å². The van der Waals surface area contributed by atoms with Crippen LogP contribution < -0.4 is 10.6 Å². The van der Waals surface area contributed by atoms with E-state index in [2.05, 4.69) is 15.6 Å². The molecular formula is C30H14ClF6N5O2. The second-order valence-corrected chi connectivity index (χ2v) is 10.2. The number of fused-ring (bicyclic) bond motifs is 2. The monoisotopic (exact) mass is 625 g/mol. The third-order valence-corrected chi connectivity index (χ3v) is 7.35. The van der Waals surface area contributed by atoms with Crippen LogP contribution >= 0.6 is 11.6 Å². The summed E-state index contributed by atoms with van der Waals surface area (Å²) in [6.07, 6.45) is -2.43. The maximum atomic E-state index is 15.0. The number of aromatic nitrogens is 2. The van der Waals surface area contributed by atoms with Gasteiger partial charge in [0.2, 0.25) is 0 Å². The van der Waals surface area contributed by atoms with Gasteiger partial charge in [-0.1, -0.05) is 11.6 Å². The molecule has 7 nitrogen and oxygen atoms in total. The van der Waals surface area contributed by atoms with Gasteiger partial charge in [-0.15, -0.1) is 0 Å². The summed E-state index contributed by atoms with van der Waals surface area (Å²) in [5.74, 6) is -4.67. The highest BCUT2D eigenvalue weighted by Crippen LogP contribution is 2.42. The van der Waals surface area contributed by atoms with Crippen molar-refractivity contribution >= 4 is 34.7 Å².